The van der Waals surface area contributed by atoms with Gasteiger partial charge in [0, 0.05) is 27.9 Å². The zero-order valence-electron chi connectivity index (χ0n) is 22.3. The first kappa shape index (κ1) is 26.2. The number of carbonyl (C=O) groups is 1. The Labute approximate surface area is 241 Å². The van der Waals surface area contributed by atoms with E-state index in [0.717, 1.165) is 58.4 Å². The molecule has 1 atom stereocenters. The minimum atomic E-state index is -0.152. The summed E-state index contributed by atoms with van der Waals surface area (Å²) < 4.78 is 2.04. The quantitative estimate of drug-likeness (QED) is 0.215. The molecule has 0 fully saturated rings. The van der Waals surface area contributed by atoms with Crippen LogP contribution in [-0.4, -0.2) is 31.4 Å². The zero-order valence-corrected chi connectivity index (χ0v) is 24.0. The summed E-state index contributed by atoms with van der Waals surface area (Å²) in [5.41, 5.74) is 5.48. The van der Waals surface area contributed by atoms with Crippen LogP contribution in [0.5, 0.6) is 0 Å². The Balaban J connectivity index is 1.26. The number of hydrogen-bond acceptors (Lipinski definition) is 7. The Morgan fingerprint density at radius 1 is 1.18 bits per heavy atom. The molecule has 1 amide bonds. The number of thiophene rings is 1. The summed E-state index contributed by atoms with van der Waals surface area (Å²) in [5.74, 6) is 1.37. The maximum atomic E-state index is 13.0. The fourth-order valence-corrected chi connectivity index (χ4v) is 7.43. The second-order valence-electron chi connectivity index (χ2n) is 9.99. The van der Waals surface area contributed by atoms with Crippen LogP contribution in [0, 0.1) is 17.2 Å². The molecule has 0 saturated heterocycles. The molecule has 6 rings (SSSR count). The molecule has 5 aromatic rings. The predicted molar refractivity (Wildman–Crippen MR) is 161 cm³/mol. The van der Waals surface area contributed by atoms with Crippen LogP contribution >= 0.6 is 23.1 Å². The molecule has 200 valence electrons. The van der Waals surface area contributed by atoms with Crippen LogP contribution in [0.3, 0.4) is 0 Å². The Bertz CT molecular complexity index is 1750. The van der Waals surface area contributed by atoms with E-state index in [1.807, 2.05) is 53.1 Å². The molecule has 0 bridgehead atoms. The van der Waals surface area contributed by atoms with Gasteiger partial charge in [-0.1, -0.05) is 67.2 Å². The molecule has 0 aliphatic heterocycles. The number of anilines is 1. The molecule has 40 heavy (non-hydrogen) atoms. The standard InChI is InChI=1S/C31H28N6OS2/c1-3-37-29(23-16-26(20-9-5-4-6-10-20)33-25-12-8-7-11-21(23)25)35-36-31(37)39-18-28(38)34-30-24(17-32)22-14-13-19(2)15-27(22)40-30/h4-12,16,19H,3,13-15,18H2,1-2H3,(H,34,38). The van der Waals surface area contributed by atoms with E-state index in [9.17, 15) is 10.1 Å². The van der Waals surface area contributed by atoms with Gasteiger partial charge in [-0.05, 0) is 49.8 Å². The van der Waals surface area contributed by atoms with Crippen LogP contribution in [0.15, 0.2) is 65.8 Å². The van der Waals surface area contributed by atoms with Gasteiger partial charge in [-0.3, -0.25) is 4.79 Å². The topological polar surface area (TPSA) is 96.5 Å². The van der Waals surface area contributed by atoms with Crippen molar-refractivity contribution in [3.8, 4) is 28.7 Å². The Hall–Kier alpha value is -4.00. The summed E-state index contributed by atoms with van der Waals surface area (Å²) in [6, 6.07) is 22.5. The maximum Gasteiger partial charge on any atom is 0.235 e. The van der Waals surface area contributed by atoms with E-state index in [4.69, 9.17) is 4.98 Å². The van der Waals surface area contributed by atoms with E-state index in [-0.39, 0.29) is 11.7 Å². The minimum absolute atomic E-state index is 0.152. The highest BCUT2D eigenvalue weighted by Gasteiger charge is 2.25. The van der Waals surface area contributed by atoms with Crippen molar-refractivity contribution >= 4 is 44.9 Å². The molecule has 1 N–H and O–H groups in total. The Morgan fingerprint density at radius 2 is 1.98 bits per heavy atom. The lowest BCUT2D eigenvalue weighted by Crippen LogP contribution is -2.14. The van der Waals surface area contributed by atoms with Gasteiger partial charge in [-0.2, -0.15) is 5.26 Å². The van der Waals surface area contributed by atoms with Crippen molar-refractivity contribution in [1.82, 2.24) is 19.7 Å². The zero-order chi connectivity index (χ0) is 27.6. The Morgan fingerprint density at radius 3 is 2.77 bits per heavy atom. The van der Waals surface area contributed by atoms with Gasteiger partial charge in [0.1, 0.15) is 11.1 Å². The molecule has 1 aliphatic carbocycles. The third kappa shape index (κ3) is 5.01. The second kappa shape index (κ2) is 11.2. The lowest BCUT2D eigenvalue weighted by atomic mass is 9.89. The monoisotopic (exact) mass is 564 g/mol. The van der Waals surface area contributed by atoms with Crippen LogP contribution in [-0.2, 0) is 24.2 Å². The highest BCUT2D eigenvalue weighted by molar-refractivity contribution is 7.99. The number of hydrogen-bond donors (Lipinski definition) is 1. The fourth-order valence-electron chi connectivity index (χ4n) is 5.25. The predicted octanol–water partition coefficient (Wildman–Crippen LogP) is 6.97. The fraction of sp³-hybridized carbons (Fsp3) is 0.258. The van der Waals surface area contributed by atoms with E-state index < -0.39 is 0 Å². The first-order chi connectivity index (χ1) is 19.6. The van der Waals surface area contributed by atoms with Crippen molar-refractivity contribution in [2.24, 2.45) is 5.92 Å². The molecule has 1 aliphatic rings. The molecule has 0 spiro atoms. The van der Waals surface area contributed by atoms with Crippen molar-refractivity contribution in [3.63, 3.8) is 0 Å². The normalized spacial score (nSPS) is 14.6. The highest BCUT2D eigenvalue weighted by atomic mass is 32.2. The van der Waals surface area contributed by atoms with E-state index in [1.54, 1.807) is 11.3 Å². The number of para-hydroxylation sites is 1. The van der Waals surface area contributed by atoms with Crippen molar-refractivity contribution < 1.29 is 4.79 Å². The molecule has 7 nitrogen and oxygen atoms in total. The highest BCUT2D eigenvalue weighted by Crippen LogP contribution is 2.39. The second-order valence-corrected chi connectivity index (χ2v) is 12.0. The molecule has 0 saturated carbocycles. The summed E-state index contributed by atoms with van der Waals surface area (Å²) in [6.07, 6.45) is 2.95. The average Bonchev–Trinajstić information content (AvgIpc) is 3.55. The van der Waals surface area contributed by atoms with E-state index >= 15 is 0 Å². The average molecular weight is 565 g/mol. The summed E-state index contributed by atoms with van der Waals surface area (Å²) in [7, 11) is 0. The number of nitriles is 1. The van der Waals surface area contributed by atoms with Gasteiger partial charge in [0.2, 0.25) is 5.91 Å². The van der Waals surface area contributed by atoms with Crippen LogP contribution in [0.25, 0.3) is 33.5 Å². The molecule has 0 radical (unpaired) electrons. The van der Waals surface area contributed by atoms with Gasteiger partial charge in [0.25, 0.3) is 0 Å². The molecule has 3 aromatic heterocycles. The SMILES string of the molecule is CCn1c(SCC(=O)Nc2sc3c(c2C#N)CCC(C)C3)nnc1-c1cc(-c2ccccc2)nc2ccccc12. The van der Waals surface area contributed by atoms with Gasteiger partial charge >= 0.3 is 0 Å². The minimum Gasteiger partial charge on any atom is -0.316 e. The van der Waals surface area contributed by atoms with E-state index in [1.165, 1.54) is 16.6 Å². The summed E-state index contributed by atoms with van der Waals surface area (Å²) in [5, 5.41) is 24.2. The molecular formula is C31H28N6OS2. The van der Waals surface area contributed by atoms with Crippen molar-refractivity contribution in [3.05, 3.63) is 76.7 Å². The largest absolute Gasteiger partial charge is 0.316 e. The number of fused-ring (bicyclic) bond motifs is 2. The van der Waals surface area contributed by atoms with E-state index in [2.05, 4.69) is 47.6 Å². The van der Waals surface area contributed by atoms with Crippen LogP contribution < -0.4 is 5.32 Å². The first-order valence-corrected chi connectivity index (χ1v) is 15.2. The number of benzene rings is 2. The third-order valence-electron chi connectivity index (χ3n) is 7.27. The molecule has 1 unspecified atom stereocenters. The van der Waals surface area contributed by atoms with Crippen molar-refractivity contribution in [2.75, 3.05) is 11.1 Å². The van der Waals surface area contributed by atoms with Crippen LogP contribution in [0.4, 0.5) is 5.00 Å². The number of rotatable bonds is 7. The van der Waals surface area contributed by atoms with E-state index in [0.29, 0.717) is 28.2 Å². The van der Waals surface area contributed by atoms with Gasteiger partial charge < -0.3 is 9.88 Å². The van der Waals surface area contributed by atoms with Crippen molar-refractivity contribution in [2.45, 2.75) is 44.8 Å². The van der Waals surface area contributed by atoms with Gasteiger partial charge in [0.15, 0.2) is 11.0 Å². The summed E-state index contributed by atoms with van der Waals surface area (Å²) in [6.45, 7) is 4.94. The lowest BCUT2D eigenvalue weighted by molar-refractivity contribution is -0.113. The molecule has 9 heteroatoms. The number of pyridine rings is 1. The number of carbonyl (C=O) groups excluding carboxylic acids is 1. The number of nitrogens with zero attached hydrogens (tertiary/aromatic N) is 5. The molecular weight excluding hydrogens is 537 g/mol. The van der Waals surface area contributed by atoms with Gasteiger partial charge in [0.05, 0.1) is 22.5 Å². The molecule has 3 heterocycles. The molecule has 2 aromatic carbocycles. The number of thioether (sulfide) groups is 1. The lowest BCUT2D eigenvalue weighted by Gasteiger charge is -2.17. The smallest absolute Gasteiger partial charge is 0.235 e. The number of nitrogens with one attached hydrogen (secondary N) is 1. The Kier molecular flexibility index (Phi) is 7.37. The van der Waals surface area contributed by atoms with Gasteiger partial charge in [-0.15, -0.1) is 21.5 Å². The first-order valence-electron chi connectivity index (χ1n) is 13.4. The third-order valence-corrected chi connectivity index (χ3v) is 9.41. The van der Waals surface area contributed by atoms with Crippen molar-refractivity contribution in [1.29, 1.82) is 5.26 Å². The number of aromatic nitrogens is 4. The van der Waals surface area contributed by atoms with Crippen LogP contribution in [0.2, 0.25) is 0 Å². The summed E-state index contributed by atoms with van der Waals surface area (Å²) >= 11 is 2.90. The number of amides is 1. The van der Waals surface area contributed by atoms with Gasteiger partial charge in [-0.25, -0.2) is 4.98 Å². The van der Waals surface area contributed by atoms with Crippen LogP contribution in [0.1, 0.15) is 36.3 Å². The summed E-state index contributed by atoms with van der Waals surface area (Å²) in [4.78, 5) is 19.1. The maximum absolute atomic E-state index is 13.0.